The molecule has 1 unspecified atom stereocenters. The Morgan fingerprint density at radius 1 is 1.56 bits per heavy atom. The molecular formula is C13H23N3O2. The normalized spacial score (nSPS) is 14.3. The second kappa shape index (κ2) is 6.00. The van der Waals surface area contributed by atoms with Crippen LogP contribution in [-0.4, -0.2) is 34.9 Å². The van der Waals surface area contributed by atoms with Crippen LogP contribution in [0.4, 0.5) is 0 Å². The molecule has 1 rings (SSSR count). The molecule has 0 fully saturated rings. The predicted octanol–water partition coefficient (Wildman–Crippen LogP) is 1.43. The number of likely N-dealkylation sites (N-methyl/N-ethyl adjacent to an activating group) is 1. The smallest absolute Gasteiger partial charge is 0.326 e. The monoisotopic (exact) mass is 253 g/mol. The van der Waals surface area contributed by atoms with Gasteiger partial charge in [-0.3, -0.25) is 9.48 Å². The Morgan fingerprint density at radius 3 is 2.67 bits per heavy atom. The third kappa shape index (κ3) is 3.32. The summed E-state index contributed by atoms with van der Waals surface area (Å²) in [5, 5.41) is 7.43. The van der Waals surface area contributed by atoms with Gasteiger partial charge in [0.15, 0.2) is 0 Å². The molecule has 0 saturated carbocycles. The molecule has 0 saturated heterocycles. The van der Waals surface area contributed by atoms with Crippen molar-refractivity contribution in [3.63, 3.8) is 0 Å². The second-order valence-electron chi connectivity index (χ2n) is 4.70. The molecule has 0 aliphatic heterocycles. The number of hydrogen-bond acceptors (Lipinski definition) is 4. The average molecular weight is 253 g/mol. The number of ether oxygens (including phenoxy) is 1. The number of hydrogen-bond donors (Lipinski definition) is 1. The summed E-state index contributed by atoms with van der Waals surface area (Å²) in [5.74, 6) is -0.214. The van der Waals surface area contributed by atoms with E-state index in [0.29, 0.717) is 19.6 Å². The van der Waals surface area contributed by atoms with E-state index in [0.717, 1.165) is 11.4 Å². The van der Waals surface area contributed by atoms with E-state index >= 15 is 0 Å². The molecule has 0 radical (unpaired) electrons. The number of carbonyl (C=O) groups is 1. The largest absolute Gasteiger partial charge is 0.465 e. The zero-order chi connectivity index (χ0) is 13.8. The minimum atomic E-state index is -0.664. The molecule has 0 aromatic carbocycles. The Labute approximate surface area is 109 Å². The topological polar surface area (TPSA) is 56.2 Å². The summed E-state index contributed by atoms with van der Waals surface area (Å²) in [7, 11) is 1.78. The van der Waals surface area contributed by atoms with Gasteiger partial charge in [-0.15, -0.1) is 0 Å². The molecule has 0 bridgehead atoms. The molecule has 0 spiro atoms. The van der Waals surface area contributed by atoms with Gasteiger partial charge in [-0.05, 0) is 47.2 Å². The molecule has 0 amide bonds. The minimum absolute atomic E-state index is 0.214. The van der Waals surface area contributed by atoms with Crippen molar-refractivity contribution in [3.8, 4) is 0 Å². The number of esters is 1. The molecule has 102 valence electrons. The van der Waals surface area contributed by atoms with Gasteiger partial charge in [0.1, 0.15) is 5.54 Å². The fourth-order valence-corrected chi connectivity index (χ4v) is 1.85. The highest BCUT2D eigenvalue weighted by Crippen LogP contribution is 2.14. The third-order valence-corrected chi connectivity index (χ3v) is 3.20. The fourth-order valence-electron chi connectivity index (χ4n) is 1.85. The van der Waals surface area contributed by atoms with Gasteiger partial charge in [-0.1, -0.05) is 0 Å². The summed E-state index contributed by atoms with van der Waals surface area (Å²) in [5.41, 5.74) is 1.44. The first-order valence-corrected chi connectivity index (χ1v) is 6.30. The van der Waals surface area contributed by atoms with Gasteiger partial charge in [-0.25, -0.2) is 0 Å². The predicted molar refractivity (Wildman–Crippen MR) is 70.4 cm³/mol. The number of aryl methyl sites for hydroxylation is 3. The highest BCUT2D eigenvalue weighted by Gasteiger charge is 2.32. The molecule has 1 aromatic rings. The quantitative estimate of drug-likeness (QED) is 0.779. The maximum Gasteiger partial charge on any atom is 0.326 e. The molecule has 1 atom stereocenters. The lowest BCUT2D eigenvalue weighted by molar-refractivity contribution is -0.150. The van der Waals surface area contributed by atoms with Crippen LogP contribution in [0, 0.1) is 13.8 Å². The number of carbonyl (C=O) groups excluding carboxylic acids is 1. The van der Waals surface area contributed by atoms with Crippen LogP contribution in [0.15, 0.2) is 6.07 Å². The van der Waals surface area contributed by atoms with Crippen LogP contribution in [0.25, 0.3) is 0 Å². The molecule has 1 heterocycles. The maximum atomic E-state index is 11.9. The Balaban J connectivity index is 2.69. The van der Waals surface area contributed by atoms with Crippen LogP contribution in [0.3, 0.4) is 0 Å². The van der Waals surface area contributed by atoms with Crippen molar-refractivity contribution >= 4 is 5.97 Å². The van der Waals surface area contributed by atoms with Gasteiger partial charge in [0.2, 0.25) is 0 Å². The van der Waals surface area contributed by atoms with Crippen molar-refractivity contribution in [1.82, 2.24) is 15.1 Å². The van der Waals surface area contributed by atoms with Crippen molar-refractivity contribution in [2.45, 2.75) is 46.2 Å². The molecule has 0 aliphatic carbocycles. The minimum Gasteiger partial charge on any atom is -0.465 e. The first-order chi connectivity index (χ1) is 8.42. The Kier molecular flexibility index (Phi) is 4.90. The maximum absolute atomic E-state index is 11.9. The van der Waals surface area contributed by atoms with Crippen molar-refractivity contribution < 1.29 is 9.53 Å². The fraction of sp³-hybridized carbons (Fsp3) is 0.692. The summed E-state index contributed by atoms with van der Waals surface area (Å²) >= 11 is 0. The van der Waals surface area contributed by atoms with Gasteiger partial charge in [0, 0.05) is 12.2 Å². The van der Waals surface area contributed by atoms with Crippen LogP contribution in [0.2, 0.25) is 0 Å². The zero-order valence-electron chi connectivity index (χ0n) is 11.9. The summed E-state index contributed by atoms with van der Waals surface area (Å²) < 4.78 is 7.01. The van der Waals surface area contributed by atoms with E-state index < -0.39 is 5.54 Å². The van der Waals surface area contributed by atoms with Gasteiger partial charge in [0.05, 0.1) is 12.3 Å². The van der Waals surface area contributed by atoms with Gasteiger partial charge < -0.3 is 10.1 Å². The van der Waals surface area contributed by atoms with E-state index in [9.17, 15) is 4.79 Å². The molecular weight excluding hydrogens is 230 g/mol. The lowest BCUT2D eigenvalue weighted by Crippen LogP contribution is -2.49. The number of aromatic nitrogens is 2. The standard InChI is InChI=1S/C13H23N3O2/c1-6-18-12(17)13(4,14-5)7-8-16-11(3)9-10(2)15-16/h9,14H,6-8H2,1-5H3. The lowest BCUT2D eigenvalue weighted by Gasteiger charge is -2.26. The van der Waals surface area contributed by atoms with E-state index in [4.69, 9.17) is 4.74 Å². The van der Waals surface area contributed by atoms with E-state index in [1.165, 1.54) is 0 Å². The first-order valence-electron chi connectivity index (χ1n) is 6.30. The van der Waals surface area contributed by atoms with Gasteiger partial charge in [0.25, 0.3) is 0 Å². The van der Waals surface area contributed by atoms with Crippen LogP contribution in [0.5, 0.6) is 0 Å². The van der Waals surface area contributed by atoms with Gasteiger partial charge >= 0.3 is 5.97 Å². The summed E-state index contributed by atoms with van der Waals surface area (Å²) in [4.78, 5) is 11.9. The van der Waals surface area contributed by atoms with Crippen molar-refractivity contribution in [1.29, 1.82) is 0 Å². The Morgan fingerprint density at radius 2 is 2.22 bits per heavy atom. The first kappa shape index (κ1) is 14.7. The Bertz CT molecular complexity index is 414. The van der Waals surface area contributed by atoms with Crippen LogP contribution in [0.1, 0.15) is 31.7 Å². The van der Waals surface area contributed by atoms with Crippen molar-refractivity contribution in [2.75, 3.05) is 13.7 Å². The van der Waals surface area contributed by atoms with E-state index in [1.807, 2.05) is 38.4 Å². The summed E-state index contributed by atoms with van der Waals surface area (Å²) in [6.45, 7) is 8.74. The highest BCUT2D eigenvalue weighted by atomic mass is 16.5. The van der Waals surface area contributed by atoms with Gasteiger partial charge in [-0.2, -0.15) is 5.10 Å². The highest BCUT2D eigenvalue weighted by molar-refractivity contribution is 5.80. The van der Waals surface area contributed by atoms with Crippen molar-refractivity contribution in [3.05, 3.63) is 17.5 Å². The summed E-state index contributed by atoms with van der Waals surface area (Å²) in [6.07, 6.45) is 0.643. The van der Waals surface area contributed by atoms with E-state index in [1.54, 1.807) is 7.05 Å². The SMILES string of the molecule is CCOC(=O)C(C)(CCn1nc(C)cc1C)NC. The van der Waals surface area contributed by atoms with Crippen molar-refractivity contribution in [2.24, 2.45) is 0 Å². The number of rotatable bonds is 6. The molecule has 1 N–H and O–H groups in total. The average Bonchev–Trinajstić information content (AvgIpc) is 2.65. The second-order valence-corrected chi connectivity index (χ2v) is 4.70. The molecule has 5 nitrogen and oxygen atoms in total. The Hall–Kier alpha value is -1.36. The molecule has 0 aliphatic rings. The third-order valence-electron chi connectivity index (χ3n) is 3.20. The van der Waals surface area contributed by atoms with Crippen LogP contribution >= 0.6 is 0 Å². The van der Waals surface area contributed by atoms with E-state index in [-0.39, 0.29) is 5.97 Å². The van der Waals surface area contributed by atoms with E-state index in [2.05, 4.69) is 10.4 Å². The zero-order valence-corrected chi connectivity index (χ0v) is 11.9. The van der Waals surface area contributed by atoms with Crippen LogP contribution < -0.4 is 5.32 Å². The summed E-state index contributed by atoms with van der Waals surface area (Å²) in [6, 6.07) is 2.03. The molecule has 18 heavy (non-hydrogen) atoms. The number of nitrogens with zero attached hydrogens (tertiary/aromatic N) is 2. The lowest BCUT2D eigenvalue weighted by atomic mass is 9.98. The molecule has 1 aromatic heterocycles. The molecule has 5 heteroatoms. The van der Waals surface area contributed by atoms with Crippen LogP contribution in [-0.2, 0) is 16.1 Å². The number of nitrogens with one attached hydrogen (secondary N) is 1.